The van der Waals surface area contributed by atoms with Crippen LogP contribution >= 0.6 is 0 Å². The summed E-state index contributed by atoms with van der Waals surface area (Å²) in [5, 5.41) is 11.6. The Balaban J connectivity index is 1.87. The molecular formula is C16H24N4O3. The number of piperidine rings is 1. The fourth-order valence-electron chi connectivity index (χ4n) is 3.55. The van der Waals surface area contributed by atoms with E-state index in [0.29, 0.717) is 11.7 Å². The Morgan fingerprint density at radius 3 is 2.70 bits per heavy atom. The summed E-state index contributed by atoms with van der Waals surface area (Å²) in [5.74, 6) is 1.05. The minimum Gasteiger partial charge on any atom is -0.469 e. The molecule has 2 aliphatic rings. The van der Waals surface area contributed by atoms with Gasteiger partial charge in [0.1, 0.15) is 12.4 Å². The fourth-order valence-corrected chi connectivity index (χ4v) is 3.55. The quantitative estimate of drug-likeness (QED) is 0.625. The van der Waals surface area contributed by atoms with Crippen LogP contribution in [0.5, 0.6) is 5.88 Å². The van der Waals surface area contributed by atoms with E-state index in [2.05, 4.69) is 16.9 Å². The third kappa shape index (κ3) is 3.71. The second kappa shape index (κ2) is 7.10. The van der Waals surface area contributed by atoms with E-state index < -0.39 is 4.92 Å². The normalized spacial score (nSPS) is 22.8. The van der Waals surface area contributed by atoms with Gasteiger partial charge in [-0.2, -0.15) is 4.98 Å². The lowest BCUT2D eigenvalue weighted by atomic mass is 9.98. The summed E-state index contributed by atoms with van der Waals surface area (Å²) in [6.45, 7) is 3.75. The highest BCUT2D eigenvalue weighted by Gasteiger charge is 2.31. The van der Waals surface area contributed by atoms with Crippen molar-refractivity contribution in [2.24, 2.45) is 5.92 Å². The zero-order valence-electron chi connectivity index (χ0n) is 13.6. The average Bonchev–Trinajstić information content (AvgIpc) is 2.55. The Labute approximate surface area is 136 Å². The van der Waals surface area contributed by atoms with E-state index in [0.717, 1.165) is 51.6 Å². The molecule has 1 aromatic heterocycles. The number of nitro groups is 1. The van der Waals surface area contributed by atoms with Crippen molar-refractivity contribution in [2.45, 2.75) is 58.0 Å². The highest BCUT2D eigenvalue weighted by molar-refractivity contribution is 5.63. The van der Waals surface area contributed by atoms with Crippen LogP contribution in [-0.2, 0) is 0 Å². The van der Waals surface area contributed by atoms with Gasteiger partial charge >= 0.3 is 5.69 Å². The summed E-state index contributed by atoms with van der Waals surface area (Å²) in [7, 11) is 0. The minimum absolute atomic E-state index is 0.0329. The zero-order valence-corrected chi connectivity index (χ0v) is 13.6. The van der Waals surface area contributed by atoms with E-state index in [9.17, 15) is 10.1 Å². The van der Waals surface area contributed by atoms with Crippen LogP contribution in [-0.4, -0.2) is 34.1 Å². The van der Waals surface area contributed by atoms with Gasteiger partial charge < -0.3 is 9.64 Å². The smallest absolute Gasteiger partial charge is 0.372 e. The lowest BCUT2D eigenvalue weighted by Crippen LogP contribution is -2.35. The molecule has 1 saturated carbocycles. The van der Waals surface area contributed by atoms with Crippen molar-refractivity contribution in [3.05, 3.63) is 16.4 Å². The molecule has 0 aromatic carbocycles. The second-order valence-corrected chi connectivity index (χ2v) is 6.68. The first kappa shape index (κ1) is 16.0. The Morgan fingerprint density at radius 1 is 1.22 bits per heavy atom. The van der Waals surface area contributed by atoms with Crippen molar-refractivity contribution in [1.29, 1.82) is 0 Å². The molecule has 0 amide bonds. The van der Waals surface area contributed by atoms with Crippen molar-refractivity contribution < 1.29 is 9.66 Å². The van der Waals surface area contributed by atoms with Gasteiger partial charge in [-0.3, -0.25) is 10.1 Å². The Morgan fingerprint density at radius 2 is 2.00 bits per heavy atom. The molecule has 1 unspecified atom stereocenters. The first-order chi connectivity index (χ1) is 11.1. The molecule has 3 rings (SSSR count). The monoisotopic (exact) mass is 320 g/mol. The predicted molar refractivity (Wildman–Crippen MR) is 86.8 cm³/mol. The van der Waals surface area contributed by atoms with Crippen molar-refractivity contribution in [3.8, 4) is 5.88 Å². The molecule has 1 aliphatic carbocycles. The van der Waals surface area contributed by atoms with Gasteiger partial charge in [-0.15, -0.1) is 0 Å². The van der Waals surface area contributed by atoms with Crippen LogP contribution in [0.15, 0.2) is 6.33 Å². The number of ether oxygens (including phenoxy) is 1. The van der Waals surface area contributed by atoms with Crippen LogP contribution < -0.4 is 9.64 Å². The molecular weight excluding hydrogens is 296 g/mol. The number of rotatable bonds is 4. The van der Waals surface area contributed by atoms with Crippen molar-refractivity contribution in [1.82, 2.24) is 9.97 Å². The second-order valence-electron chi connectivity index (χ2n) is 6.68. The van der Waals surface area contributed by atoms with Crippen LogP contribution in [0.25, 0.3) is 0 Å². The molecule has 1 atom stereocenters. The van der Waals surface area contributed by atoms with E-state index in [1.165, 1.54) is 12.7 Å². The van der Waals surface area contributed by atoms with Gasteiger partial charge in [-0.25, -0.2) is 4.98 Å². The molecule has 1 saturated heterocycles. The van der Waals surface area contributed by atoms with E-state index >= 15 is 0 Å². The molecule has 7 nitrogen and oxygen atoms in total. The Kier molecular flexibility index (Phi) is 4.93. The molecule has 0 bridgehead atoms. The minimum atomic E-state index is -0.396. The summed E-state index contributed by atoms with van der Waals surface area (Å²) in [6, 6.07) is 0. The number of hydrogen-bond donors (Lipinski definition) is 0. The fraction of sp³-hybridized carbons (Fsp3) is 0.750. The van der Waals surface area contributed by atoms with Crippen molar-refractivity contribution >= 4 is 11.5 Å². The van der Waals surface area contributed by atoms with E-state index in [-0.39, 0.29) is 17.7 Å². The molecule has 0 spiro atoms. The van der Waals surface area contributed by atoms with Crippen LogP contribution in [0.1, 0.15) is 51.9 Å². The molecule has 0 radical (unpaired) electrons. The summed E-state index contributed by atoms with van der Waals surface area (Å²) in [6.07, 6.45) is 8.92. The van der Waals surface area contributed by atoms with Gasteiger partial charge in [0.15, 0.2) is 0 Å². The maximum atomic E-state index is 11.6. The standard InChI is InChI=1S/C16H24N4O3/c1-12-6-5-9-19(10-12)15-14(20(21)22)16(18-11-17-15)23-13-7-3-2-4-8-13/h11-13H,2-10H2,1H3. The van der Waals surface area contributed by atoms with Gasteiger partial charge in [0.05, 0.1) is 4.92 Å². The molecule has 23 heavy (non-hydrogen) atoms. The topological polar surface area (TPSA) is 81.4 Å². The van der Waals surface area contributed by atoms with Gasteiger partial charge in [-0.05, 0) is 44.4 Å². The van der Waals surface area contributed by atoms with Crippen molar-refractivity contribution in [3.63, 3.8) is 0 Å². The maximum absolute atomic E-state index is 11.6. The van der Waals surface area contributed by atoms with Gasteiger partial charge in [0, 0.05) is 13.1 Å². The SMILES string of the molecule is CC1CCCN(c2ncnc(OC3CCCCC3)c2[N+](=O)[O-])C1. The lowest BCUT2D eigenvalue weighted by molar-refractivity contribution is -0.385. The largest absolute Gasteiger partial charge is 0.469 e. The van der Waals surface area contributed by atoms with Crippen molar-refractivity contribution in [2.75, 3.05) is 18.0 Å². The molecule has 7 heteroatoms. The molecule has 1 aliphatic heterocycles. The van der Waals surface area contributed by atoms with Gasteiger partial charge in [0.25, 0.3) is 5.88 Å². The van der Waals surface area contributed by atoms with Crippen LogP contribution in [0.3, 0.4) is 0 Å². The number of anilines is 1. The number of hydrogen-bond acceptors (Lipinski definition) is 6. The van der Waals surface area contributed by atoms with E-state index in [1.807, 2.05) is 4.90 Å². The highest BCUT2D eigenvalue weighted by Crippen LogP contribution is 2.36. The molecule has 126 valence electrons. The predicted octanol–water partition coefficient (Wildman–Crippen LogP) is 3.33. The molecule has 1 aromatic rings. The summed E-state index contributed by atoms with van der Waals surface area (Å²) in [4.78, 5) is 21.5. The van der Waals surface area contributed by atoms with E-state index in [1.54, 1.807) is 0 Å². The first-order valence-electron chi connectivity index (χ1n) is 8.56. The number of nitrogens with zero attached hydrogens (tertiary/aromatic N) is 4. The Hall–Kier alpha value is -1.92. The van der Waals surface area contributed by atoms with Gasteiger partial charge in [0.2, 0.25) is 5.82 Å². The average molecular weight is 320 g/mol. The van der Waals surface area contributed by atoms with E-state index in [4.69, 9.17) is 4.74 Å². The molecule has 2 fully saturated rings. The van der Waals surface area contributed by atoms with Crippen LogP contribution in [0.4, 0.5) is 11.5 Å². The first-order valence-corrected chi connectivity index (χ1v) is 8.56. The molecule has 0 N–H and O–H groups in total. The van der Waals surface area contributed by atoms with Gasteiger partial charge in [-0.1, -0.05) is 13.3 Å². The summed E-state index contributed by atoms with van der Waals surface area (Å²) in [5.41, 5.74) is -0.0767. The third-order valence-corrected chi connectivity index (χ3v) is 4.74. The zero-order chi connectivity index (χ0) is 16.2. The number of aromatic nitrogens is 2. The summed E-state index contributed by atoms with van der Waals surface area (Å²) >= 11 is 0. The lowest BCUT2D eigenvalue weighted by Gasteiger charge is -2.31. The molecule has 2 heterocycles. The Bertz CT molecular complexity index is 560. The summed E-state index contributed by atoms with van der Waals surface area (Å²) < 4.78 is 5.89. The highest BCUT2D eigenvalue weighted by atomic mass is 16.6. The maximum Gasteiger partial charge on any atom is 0.372 e. The third-order valence-electron chi connectivity index (χ3n) is 4.74. The van der Waals surface area contributed by atoms with Crippen LogP contribution in [0.2, 0.25) is 0 Å². The van der Waals surface area contributed by atoms with Crippen LogP contribution in [0, 0.1) is 16.0 Å².